The Morgan fingerprint density at radius 2 is 1.93 bits per heavy atom. The van der Waals surface area contributed by atoms with E-state index in [1.54, 1.807) is 19.3 Å². The van der Waals surface area contributed by atoms with Crippen LogP contribution in [-0.2, 0) is 28.4 Å². The average Bonchev–Trinajstić information content (AvgIpc) is 3.17. The van der Waals surface area contributed by atoms with Crippen molar-refractivity contribution in [2.75, 3.05) is 18.1 Å². The van der Waals surface area contributed by atoms with Gasteiger partial charge in [-0.05, 0) is 57.2 Å². The maximum atomic E-state index is 13.3. The van der Waals surface area contributed by atoms with Crippen LogP contribution < -0.4 is 9.62 Å². The fourth-order valence-corrected chi connectivity index (χ4v) is 6.21. The van der Waals surface area contributed by atoms with Gasteiger partial charge in [0.2, 0.25) is 0 Å². The van der Waals surface area contributed by atoms with Crippen molar-refractivity contribution in [2.24, 2.45) is 18.4 Å². The summed E-state index contributed by atoms with van der Waals surface area (Å²) in [6.45, 7) is 6.22. The highest BCUT2D eigenvalue weighted by Crippen LogP contribution is 2.57. The minimum absolute atomic E-state index is 0. The first-order chi connectivity index (χ1) is 19.1. The molecule has 1 saturated heterocycles. The molecule has 0 aromatic carbocycles. The molecule has 1 atom stereocenters. The van der Waals surface area contributed by atoms with Crippen LogP contribution in [0.15, 0.2) is 41.7 Å². The molecule has 16 heteroatoms. The summed E-state index contributed by atoms with van der Waals surface area (Å²) in [5, 5.41) is 8.26. The summed E-state index contributed by atoms with van der Waals surface area (Å²) < 4.78 is 75.4. The molecule has 1 N–H and O–H groups in total. The molecule has 1 amide bonds. The number of carbonyl (C=O) groups is 1. The Kier molecular flexibility index (Phi) is 8.48. The van der Waals surface area contributed by atoms with E-state index < -0.39 is 34.1 Å². The van der Waals surface area contributed by atoms with Gasteiger partial charge < -0.3 is 9.64 Å². The normalized spacial score (nSPS) is 19.4. The number of rotatable bonds is 9. The second-order valence-corrected chi connectivity index (χ2v) is 13.3. The Hall–Kier alpha value is -3.11. The molecule has 42 heavy (non-hydrogen) atoms. The topological polar surface area (TPSA) is 124 Å². The monoisotopic (exact) mass is 629 g/mol. The van der Waals surface area contributed by atoms with Gasteiger partial charge in [-0.3, -0.25) is 9.48 Å². The number of aromatic nitrogens is 5. The van der Waals surface area contributed by atoms with Crippen LogP contribution in [0.4, 0.5) is 19.0 Å². The first kappa shape index (κ1) is 31.8. The first-order valence-electron chi connectivity index (χ1n) is 13.1. The molecule has 1 aliphatic heterocycles. The zero-order valence-electron chi connectivity index (χ0n) is 23.6. The lowest BCUT2D eigenvalue weighted by molar-refractivity contribution is -0.202. The smallest absolute Gasteiger partial charge is 0.374 e. The van der Waals surface area contributed by atoms with Crippen molar-refractivity contribution in [3.05, 3.63) is 48.0 Å². The molecule has 3 aromatic heterocycles. The maximum absolute atomic E-state index is 13.3. The standard InChI is InChI=1S/C26H32F3N7O4S.H2S/c1-17-11-24(2,3)35(13-17)22-20(23(37)33-41(38,39)19-12-30-34(4)14-19)5-6-21(31-22)36-10-7-18(32-36)15-40-16-25(8-9-25)26(27,28)29;/h5-7,10,12,14,17H,8-9,11,13,15-16H2,1-4H3,(H,33,37);1H2/t17-;/m0./s1. The van der Waals surface area contributed by atoms with E-state index >= 15 is 0 Å². The number of ether oxygens (including phenoxy) is 1. The van der Waals surface area contributed by atoms with Crippen LogP contribution in [0.25, 0.3) is 5.82 Å². The zero-order chi connectivity index (χ0) is 29.8. The van der Waals surface area contributed by atoms with Gasteiger partial charge >= 0.3 is 6.18 Å². The molecule has 2 fully saturated rings. The number of hydrogen-bond acceptors (Lipinski definition) is 8. The third-order valence-corrected chi connectivity index (χ3v) is 8.90. The Morgan fingerprint density at radius 1 is 1.21 bits per heavy atom. The quantitative estimate of drug-likeness (QED) is 0.380. The zero-order valence-corrected chi connectivity index (χ0v) is 25.5. The number of pyridine rings is 1. The SMILES string of the molecule is C[C@@H]1CN(c2nc(-n3ccc(COCC4(C(F)(F)F)CC4)n3)ccc2C(=O)NS(=O)(=O)c2cnn(C)c2)C(C)(C)C1.S. The highest BCUT2D eigenvalue weighted by Gasteiger charge is 2.63. The van der Waals surface area contributed by atoms with Crippen molar-refractivity contribution in [3.63, 3.8) is 0 Å². The number of aryl methyl sites for hydroxylation is 1. The number of amides is 1. The van der Waals surface area contributed by atoms with E-state index in [-0.39, 0.29) is 48.9 Å². The lowest BCUT2D eigenvalue weighted by atomic mass is 9.97. The van der Waals surface area contributed by atoms with E-state index in [1.165, 1.54) is 27.7 Å². The van der Waals surface area contributed by atoms with Crippen LogP contribution in [0.3, 0.4) is 0 Å². The van der Waals surface area contributed by atoms with Gasteiger partial charge in [-0.1, -0.05) is 6.92 Å². The van der Waals surface area contributed by atoms with Crippen molar-refractivity contribution in [1.82, 2.24) is 29.3 Å². The maximum Gasteiger partial charge on any atom is 0.396 e. The predicted molar refractivity (Wildman–Crippen MR) is 152 cm³/mol. The minimum Gasteiger partial charge on any atom is -0.374 e. The van der Waals surface area contributed by atoms with E-state index in [9.17, 15) is 26.4 Å². The number of nitrogens with zero attached hydrogens (tertiary/aromatic N) is 6. The third-order valence-electron chi connectivity index (χ3n) is 7.61. The number of hydrogen-bond donors (Lipinski definition) is 1. The van der Waals surface area contributed by atoms with E-state index in [4.69, 9.17) is 9.72 Å². The van der Waals surface area contributed by atoms with Gasteiger partial charge in [0.25, 0.3) is 15.9 Å². The highest BCUT2D eigenvalue weighted by molar-refractivity contribution is 7.90. The van der Waals surface area contributed by atoms with Gasteiger partial charge in [-0.15, -0.1) is 0 Å². The van der Waals surface area contributed by atoms with Crippen molar-refractivity contribution < 1.29 is 31.1 Å². The van der Waals surface area contributed by atoms with Gasteiger partial charge in [0.15, 0.2) is 5.82 Å². The van der Waals surface area contributed by atoms with E-state index in [2.05, 4.69) is 21.8 Å². The second kappa shape index (κ2) is 11.2. The molecular formula is C26H34F3N7O4S2. The molecule has 3 aromatic rings. The Labute approximate surface area is 248 Å². The molecule has 0 spiro atoms. The van der Waals surface area contributed by atoms with Crippen LogP contribution >= 0.6 is 13.5 Å². The Balaban J connectivity index is 0.00000405. The van der Waals surface area contributed by atoms with Crippen LogP contribution in [-0.4, -0.2) is 63.7 Å². The van der Waals surface area contributed by atoms with Crippen molar-refractivity contribution in [3.8, 4) is 5.82 Å². The molecule has 1 saturated carbocycles. The molecule has 230 valence electrons. The van der Waals surface area contributed by atoms with Gasteiger partial charge in [0, 0.05) is 31.5 Å². The summed E-state index contributed by atoms with van der Waals surface area (Å²) in [6, 6.07) is 4.64. The fourth-order valence-electron chi connectivity index (χ4n) is 5.26. The minimum atomic E-state index is -4.29. The predicted octanol–water partition coefficient (Wildman–Crippen LogP) is 3.72. The van der Waals surface area contributed by atoms with Crippen LogP contribution in [0.2, 0.25) is 0 Å². The van der Waals surface area contributed by atoms with Gasteiger partial charge in [-0.2, -0.15) is 36.9 Å². The summed E-state index contributed by atoms with van der Waals surface area (Å²) in [4.78, 5) is 19.9. The highest BCUT2D eigenvalue weighted by atomic mass is 32.2. The summed E-state index contributed by atoms with van der Waals surface area (Å²) >= 11 is 0. The largest absolute Gasteiger partial charge is 0.396 e. The molecule has 0 unspecified atom stereocenters. The number of sulfonamides is 1. The first-order valence-corrected chi connectivity index (χ1v) is 14.6. The molecule has 1 aliphatic carbocycles. The average molecular weight is 630 g/mol. The van der Waals surface area contributed by atoms with Crippen LogP contribution in [0.1, 0.15) is 56.1 Å². The Bertz CT molecular complexity index is 1570. The number of alkyl halides is 3. The fraction of sp³-hybridized carbons (Fsp3) is 0.538. The van der Waals surface area contributed by atoms with E-state index in [1.807, 2.05) is 18.7 Å². The molecule has 11 nitrogen and oxygen atoms in total. The molecule has 2 aliphatic rings. The van der Waals surface area contributed by atoms with Gasteiger partial charge in [0.05, 0.1) is 36.1 Å². The molecule has 0 bridgehead atoms. The summed E-state index contributed by atoms with van der Waals surface area (Å²) in [6.07, 6.45) is 0.700. The van der Waals surface area contributed by atoms with Crippen molar-refractivity contribution >= 4 is 35.2 Å². The lowest BCUT2D eigenvalue weighted by Crippen LogP contribution is -2.41. The molecule has 5 rings (SSSR count). The lowest BCUT2D eigenvalue weighted by Gasteiger charge is -2.34. The van der Waals surface area contributed by atoms with Crippen LogP contribution in [0.5, 0.6) is 0 Å². The molecular weight excluding hydrogens is 595 g/mol. The summed E-state index contributed by atoms with van der Waals surface area (Å²) in [5.41, 5.74) is -1.64. The molecule has 4 heterocycles. The Morgan fingerprint density at radius 3 is 2.50 bits per heavy atom. The third kappa shape index (κ3) is 6.29. The van der Waals surface area contributed by atoms with E-state index in [0.29, 0.717) is 29.8 Å². The number of halogens is 3. The van der Waals surface area contributed by atoms with Gasteiger partial charge in [-0.25, -0.2) is 22.8 Å². The summed E-state index contributed by atoms with van der Waals surface area (Å²) in [7, 11) is -2.61. The van der Waals surface area contributed by atoms with E-state index in [0.717, 1.165) is 12.6 Å². The number of carbonyl (C=O) groups excluding carboxylic acids is 1. The second-order valence-electron chi connectivity index (χ2n) is 11.6. The van der Waals surface area contributed by atoms with Crippen molar-refractivity contribution in [2.45, 2.75) is 63.3 Å². The number of nitrogens with one attached hydrogen (secondary N) is 1. The van der Waals surface area contributed by atoms with Crippen LogP contribution in [0, 0.1) is 11.3 Å². The van der Waals surface area contributed by atoms with Crippen molar-refractivity contribution in [1.29, 1.82) is 0 Å². The number of anilines is 1. The molecule has 0 radical (unpaired) electrons. The summed E-state index contributed by atoms with van der Waals surface area (Å²) in [5.74, 6) is 0.101. The van der Waals surface area contributed by atoms with Gasteiger partial charge in [0.1, 0.15) is 10.7 Å².